The lowest BCUT2D eigenvalue weighted by atomic mass is 10.0. The molecule has 0 spiro atoms. The first kappa shape index (κ1) is 20.3. The molecule has 3 N–H and O–H groups in total. The average Bonchev–Trinajstić information content (AvgIpc) is 3.13. The molecule has 7 nitrogen and oxygen atoms in total. The minimum Gasteiger partial charge on any atom is -0.391 e. The van der Waals surface area contributed by atoms with Gasteiger partial charge in [-0.2, -0.15) is 5.10 Å². The number of halogens is 3. The number of aliphatic hydroxyl groups excluding tert-OH is 1. The van der Waals surface area contributed by atoms with Gasteiger partial charge >= 0.3 is 0 Å². The summed E-state index contributed by atoms with van der Waals surface area (Å²) in [7, 11) is 0. The smallest absolute Gasteiger partial charge is 0.182 e. The number of thiocarbonyl (C=S) groups is 1. The van der Waals surface area contributed by atoms with Gasteiger partial charge in [0, 0.05) is 18.3 Å². The van der Waals surface area contributed by atoms with Crippen LogP contribution in [0.4, 0.5) is 20.3 Å². The zero-order chi connectivity index (χ0) is 21.7. The minimum atomic E-state index is -0.470. The lowest BCUT2D eigenvalue weighted by Gasteiger charge is -2.26. The first-order chi connectivity index (χ1) is 14.9. The predicted molar refractivity (Wildman–Crippen MR) is 117 cm³/mol. The van der Waals surface area contributed by atoms with Crippen molar-refractivity contribution < 1.29 is 13.9 Å². The number of nitrogens with zero attached hydrogens (tertiary/aromatic N) is 4. The number of fused-ring (bicyclic) bond motifs is 1. The monoisotopic (exact) mass is 464 g/mol. The maximum atomic E-state index is 14.4. The molecule has 0 bridgehead atoms. The van der Waals surface area contributed by atoms with Gasteiger partial charge in [0.05, 0.1) is 18.2 Å². The average molecular weight is 465 g/mol. The molecule has 1 aromatic carbocycles. The Morgan fingerprint density at radius 1 is 1.29 bits per heavy atom. The van der Waals surface area contributed by atoms with Crippen LogP contribution >= 0.6 is 23.8 Å². The van der Waals surface area contributed by atoms with Crippen molar-refractivity contribution in [3.05, 3.63) is 52.8 Å². The van der Waals surface area contributed by atoms with E-state index in [-0.39, 0.29) is 17.2 Å². The van der Waals surface area contributed by atoms with Crippen LogP contribution in [0.5, 0.6) is 0 Å². The Hall–Kier alpha value is -2.56. The van der Waals surface area contributed by atoms with Crippen LogP contribution in [0.15, 0.2) is 30.5 Å². The molecule has 2 fully saturated rings. The van der Waals surface area contributed by atoms with Crippen molar-refractivity contribution in [1.82, 2.24) is 19.9 Å². The van der Waals surface area contributed by atoms with Crippen LogP contribution in [-0.2, 0) is 0 Å². The third-order valence-electron chi connectivity index (χ3n) is 5.60. The SMILES string of the molecule is O[C@@H]1C[C@H]1NC(=S)Nc1c(Cl)nn2ccc(N3CCC[C@@H]3c3cc(F)ccc3F)nc12. The lowest BCUT2D eigenvalue weighted by Crippen LogP contribution is -2.32. The third kappa shape index (κ3) is 3.90. The van der Waals surface area contributed by atoms with Crippen molar-refractivity contribution >= 4 is 46.1 Å². The molecule has 3 aromatic rings. The molecule has 0 amide bonds. The maximum absolute atomic E-state index is 14.4. The van der Waals surface area contributed by atoms with Crippen molar-refractivity contribution in [2.45, 2.75) is 37.5 Å². The second-order valence-corrected chi connectivity index (χ2v) is 8.51. The predicted octanol–water partition coefficient (Wildman–Crippen LogP) is 3.42. The van der Waals surface area contributed by atoms with Gasteiger partial charge in [0.25, 0.3) is 0 Å². The van der Waals surface area contributed by atoms with Gasteiger partial charge in [0.1, 0.15) is 23.1 Å². The Bertz CT molecular complexity index is 1170. The van der Waals surface area contributed by atoms with E-state index >= 15 is 0 Å². The van der Waals surface area contributed by atoms with Gasteiger partial charge in [-0.25, -0.2) is 18.3 Å². The molecule has 0 radical (unpaired) electrons. The largest absolute Gasteiger partial charge is 0.391 e. The van der Waals surface area contributed by atoms with Crippen molar-refractivity contribution in [2.75, 3.05) is 16.8 Å². The van der Waals surface area contributed by atoms with E-state index in [0.717, 1.165) is 18.6 Å². The van der Waals surface area contributed by atoms with E-state index in [9.17, 15) is 13.9 Å². The number of rotatable bonds is 4. The normalized spacial score (nSPS) is 22.7. The van der Waals surface area contributed by atoms with Crippen LogP contribution in [0.1, 0.15) is 30.9 Å². The Balaban J connectivity index is 1.46. The number of anilines is 2. The van der Waals surface area contributed by atoms with E-state index in [4.69, 9.17) is 28.8 Å². The molecule has 3 heterocycles. The number of hydrogen-bond acceptors (Lipinski definition) is 5. The summed E-state index contributed by atoms with van der Waals surface area (Å²) in [6, 6.07) is 4.89. The summed E-state index contributed by atoms with van der Waals surface area (Å²) in [6.45, 7) is 0.661. The Kier molecular flexibility index (Phi) is 5.15. The topological polar surface area (TPSA) is 77.7 Å². The van der Waals surface area contributed by atoms with Crippen molar-refractivity contribution in [1.29, 1.82) is 0 Å². The van der Waals surface area contributed by atoms with Gasteiger partial charge in [-0.05, 0) is 55.7 Å². The van der Waals surface area contributed by atoms with E-state index in [1.54, 1.807) is 12.3 Å². The highest BCUT2D eigenvalue weighted by molar-refractivity contribution is 7.80. The molecule has 2 aliphatic rings. The fourth-order valence-corrected chi connectivity index (χ4v) is 4.42. The fourth-order valence-electron chi connectivity index (χ4n) is 3.95. The summed E-state index contributed by atoms with van der Waals surface area (Å²) in [6.07, 6.45) is 3.47. The van der Waals surface area contributed by atoms with E-state index < -0.39 is 17.7 Å². The second kappa shape index (κ2) is 7.85. The van der Waals surface area contributed by atoms with E-state index in [1.807, 2.05) is 4.90 Å². The van der Waals surface area contributed by atoms with Gasteiger partial charge in [0.15, 0.2) is 15.9 Å². The molecule has 162 valence electrons. The van der Waals surface area contributed by atoms with Gasteiger partial charge in [-0.1, -0.05) is 11.6 Å². The summed E-state index contributed by atoms with van der Waals surface area (Å²) in [5.74, 6) is -0.301. The second-order valence-electron chi connectivity index (χ2n) is 7.74. The standard InChI is InChI=1S/C20H19ClF2N6OS/c21-18-17(26-20(31)24-13-9-15(13)30)19-25-16(5-7-29(19)27-18)28-6-1-2-14(28)11-8-10(22)3-4-12(11)23/h3-5,7-8,13-15,30H,1-2,6,9H2,(H2,24,26,31)/t13-,14-,15-/m1/s1. The molecule has 3 atom stereocenters. The maximum Gasteiger partial charge on any atom is 0.182 e. The molecular weight excluding hydrogens is 446 g/mol. The highest BCUT2D eigenvalue weighted by atomic mass is 35.5. The summed E-state index contributed by atoms with van der Waals surface area (Å²) in [4.78, 5) is 6.65. The number of aromatic nitrogens is 3. The van der Waals surface area contributed by atoms with Crippen LogP contribution in [0.2, 0.25) is 5.15 Å². The Morgan fingerprint density at radius 2 is 2.10 bits per heavy atom. The molecule has 11 heteroatoms. The molecule has 1 aliphatic heterocycles. The Labute approximate surface area is 187 Å². The highest BCUT2D eigenvalue weighted by Crippen LogP contribution is 2.37. The van der Waals surface area contributed by atoms with Crippen LogP contribution < -0.4 is 15.5 Å². The zero-order valence-corrected chi connectivity index (χ0v) is 17.8. The lowest BCUT2D eigenvalue weighted by molar-refractivity contribution is 0.269. The van der Waals surface area contributed by atoms with Crippen LogP contribution in [0.25, 0.3) is 5.65 Å². The Morgan fingerprint density at radius 3 is 2.87 bits per heavy atom. The van der Waals surface area contributed by atoms with E-state index in [0.29, 0.717) is 47.2 Å². The molecule has 1 saturated carbocycles. The first-order valence-corrected chi connectivity index (χ1v) is 10.7. The van der Waals surface area contributed by atoms with Gasteiger partial charge in [-0.3, -0.25) is 0 Å². The molecule has 1 aliphatic carbocycles. The third-order valence-corrected chi connectivity index (χ3v) is 6.09. The highest BCUT2D eigenvalue weighted by Gasteiger charge is 2.36. The van der Waals surface area contributed by atoms with E-state index in [2.05, 4.69) is 15.7 Å². The molecule has 5 rings (SSSR count). The van der Waals surface area contributed by atoms with Gasteiger partial charge in [0.2, 0.25) is 0 Å². The molecule has 0 unspecified atom stereocenters. The molecule has 1 saturated heterocycles. The number of benzene rings is 1. The number of hydrogen-bond donors (Lipinski definition) is 3. The van der Waals surface area contributed by atoms with Gasteiger partial charge in [-0.15, -0.1) is 0 Å². The fraction of sp³-hybridized carbons (Fsp3) is 0.350. The van der Waals surface area contributed by atoms with Crippen molar-refractivity contribution in [3.63, 3.8) is 0 Å². The first-order valence-electron chi connectivity index (χ1n) is 9.93. The number of aliphatic hydroxyl groups is 1. The van der Waals surface area contributed by atoms with Crippen molar-refractivity contribution in [3.8, 4) is 0 Å². The van der Waals surface area contributed by atoms with Gasteiger partial charge < -0.3 is 20.6 Å². The zero-order valence-electron chi connectivity index (χ0n) is 16.2. The quantitative estimate of drug-likeness (QED) is 0.511. The molecule has 2 aromatic heterocycles. The summed E-state index contributed by atoms with van der Waals surface area (Å²) in [5, 5.41) is 20.2. The summed E-state index contributed by atoms with van der Waals surface area (Å²) in [5.41, 5.74) is 1.20. The van der Waals surface area contributed by atoms with Crippen LogP contribution in [-0.4, -0.2) is 43.5 Å². The summed E-state index contributed by atoms with van der Waals surface area (Å²) < 4.78 is 29.7. The minimum absolute atomic E-state index is 0.0735. The van der Waals surface area contributed by atoms with Crippen molar-refractivity contribution in [2.24, 2.45) is 0 Å². The number of nitrogens with one attached hydrogen (secondary N) is 2. The van der Waals surface area contributed by atoms with E-state index in [1.165, 1.54) is 10.6 Å². The summed E-state index contributed by atoms with van der Waals surface area (Å²) >= 11 is 11.6. The van der Waals surface area contributed by atoms with Crippen LogP contribution in [0.3, 0.4) is 0 Å². The van der Waals surface area contributed by atoms with Crippen LogP contribution in [0, 0.1) is 11.6 Å². The molecular formula is C20H19ClF2N6OS. The molecule has 31 heavy (non-hydrogen) atoms.